The van der Waals surface area contributed by atoms with E-state index in [0.29, 0.717) is 12.5 Å². The molecular formula is C13H18FN3O3. The maximum atomic E-state index is 13.6. The minimum absolute atomic E-state index is 0.0340. The summed E-state index contributed by atoms with van der Waals surface area (Å²) >= 11 is 0. The number of nitro groups is 1. The van der Waals surface area contributed by atoms with Crippen molar-refractivity contribution in [1.29, 1.82) is 0 Å². The Labute approximate surface area is 116 Å². The Bertz CT molecular complexity index is 534. The predicted octanol–water partition coefficient (Wildman–Crippen LogP) is 2.28. The quantitative estimate of drug-likeness (QED) is 0.617. The Morgan fingerprint density at radius 2 is 2.25 bits per heavy atom. The maximum Gasteiger partial charge on any atom is 0.295 e. The number of benzene rings is 1. The standard InChI is InChI=1S/C13H18FN3O3/c1-13(7-15,8-3-4-8)16-10-6-12(20-2)9(14)5-11(10)17(18)19/h5-6,8,16H,3-4,7,15H2,1-2H3. The first kappa shape index (κ1) is 14.5. The first-order valence-electron chi connectivity index (χ1n) is 6.41. The minimum Gasteiger partial charge on any atom is -0.494 e. The number of anilines is 1. The molecule has 1 aliphatic carbocycles. The molecule has 110 valence electrons. The summed E-state index contributed by atoms with van der Waals surface area (Å²) in [6.45, 7) is 2.26. The molecular weight excluding hydrogens is 265 g/mol. The van der Waals surface area contributed by atoms with Crippen LogP contribution in [0.15, 0.2) is 12.1 Å². The normalized spacial score (nSPS) is 17.4. The van der Waals surface area contributed by atoms with Crippen molar-refractivity contribution in [2.75, 3.05) is 19.0 Å². The van der Waals surface area contributed by atoms with Crippen molar-refractivity contribution in [1.82, 2.24) is 0 Å². The molecule has 6 nitrogen and oxygen atoms in total. The van der Waals surface area contributed by atoms with Gasteiger partial charge in [0.05, 0.1) is 18.1 Å². The minimum atomic E-state index is -0.759. The van der Waals surface area contributed by atoms with Gasteiger partial charge in [0.15, 0.2) is 11.6 Å². The van der Waals surface area contributed by atoms with Crippen LogP contribution >= 0.6 is 0 Å². The van der Waals surface area contributed by atoms with Crippen LogP contribution in [-0.2, 0) is 0 Å². The highest BCUT2D eigenvalue weighted by atomic mass is 19.1. The summed E-state index contributed by atoms with van der Waals surface area (Å²) in [5, 5.41) is 14.2. The fourth-order valence-electron chi connectivity index (χ4n) is 2.30. The summed E-state index contributed by atoms with van der Waals surface area (Å²) in [7, 11) is 1.32. The summed E-state index contributed by atoms with van der Waals surface area (Å²) in [5.74, 6) is -0.415. The largest absolute Gasteiger partial charge is 0.494 e. The number of nitrogens with zero attached hydrogens (tertiary/aromatic N) is 1. The van der Waals surface area contributed by atoms with Gasteiger partial charge in [0.2, 0.25) is 0 Å². The molecule has 1 atom stereocenters. The van der Waals surface area contributed by atoms with E-state index in [2.05, 4.69) is 5.32 Å². The van der Waals surface area contributed by atoms with E-state index >= 15 is 0 Å². The van der Waals surface area contributed by atoms with Crippen LogP contribution in [0.2, 0.25) is 0 Å². The highest BCUT2D eigenvalue weighted by Crippen LogP contribution is 2.43. The molecule has 0 radical (unpaired) electrons. The zero-order valence-electron chi connectivity index (χ0n) is 11.5. The van der Waals surface area contributed by atoms with Gasteiger partial charge in [-0.1, -0.05) is 0 Å². The summed E-state index contributed by atoms with van der Waals surface area (Å²) in [6.07, 6.45) is 2.07. The molecule has 0 heterocycles. The first-order chi connectivity index (χ1) is 9.41. The number of halogens is 1. The van der Waals surface area contributed by atoms with Gasteiger partial charge in [-0.2, -0.15) is 0 Å². The summed E-state index contributed by atoms with van der Waals surface area (Å²) in [4.78, 5) is 10.4. The summed E-state index contributed by atoms with van der Waals surface area (Å²) < 4.78 is 18.5. The van der Waals surface area contributed by atoms with E-state index < -0.39 is 16.3 Å². The van der Waals surface area contributed by atoms with Crippen molar-refractivity contribution in [2.24, 2.45) is 11.7 Å². The van der Waals surface area contributed by atoms with Gasteiger partial charge in [0.1, 0.15) is 5.69 Å². The van der Waals surface area contributed by atoms with Crippen molar-refractivity contribution in [2.45, 2.75) is 25.3 Å². The fourth-order valence-corrected chi connectivity index (χ4v) is 2.30. The second-order valence-electron chi connectivity index (χ2n) is 5.28. The molecule has 20 heavy (non-hydrogen) atoms. The van der Waals surface area contributed by atoms with Crippen molar-refractivity contribution in [3.8, 4) is 5.75 Å². The molecule has 1 fully saturated rings. The number of ether oxygens (including phenoxy) is 1. The van der Waals surface area contributed by atoms with Gasteiger partial charge in [-0.25, -0.2) is 4.39 Å². The number of nitrogens with two attached hydrogens (primary N) is 1. The molecule has 1 aromatic carbocycles. The Hall–Kier alpha value is -1.89. The van der Waals surface area contributed by atoms with Gasteiger partial charge in [0.25, 0.3) is 5.69 Å². The third-order valence-corrected chi connectivity index (χ3v) is 3.79. The molecule has 2 rings (SSSR count). The van der Waals surface area contributed by atoms with E-state index in [4.69, 9.17) is 10.5 Å². The Morgan fingerprint density at radius 3 is 2.70 bits per heavy atom. The molecule has 1 aromatic rings. The lowest BCUT2D eigenvalue weighted by Crippen LogP contribution is -2.44. The predicted molar refractivity (Wildman–Crippen MR) is 73.4 cm³/mol. The third kappa shape index (κ3) is 2.67. The van der Waals surface area contributed by atoms with Gasteiger partial charge < -0.3 is 15.8 Å². The second kappa shape index (κ2) is 5.24. The molecule has 1 saturated carbocycles. The van der Waals surface area contributed by atoms with Crippen LogP contribution in [0.25, 0.3) is 0 Å². The lowest BCUT2D eigenvalue weighted by molar-refractivity contribution is -0.384. The van der Waals surface area contributed by atoms with Gasteiger partial charge in [-0.3, -0.25) is 10.1 Å². The molecule has 7 heteroatoms. The SMILES string of the molecule is COc1cc(NC(C)(CN)C2CC2)c([N+](=O)[O-])cc1F. The highest BCUT2D eigenvalue weighted by Gasteiger charge is 2.41. The number of methoxy groups -OCH3 is 1. The van der Waals surface area contributed by atoms with Crippen LogP contribution in [0, 0.1) is 21.8 Å². The Morgan fingerprint density at radius 1 is 1.60 bits per heavy atom. The average Bonchev–Trinajstić information content (AvgIpc) is 3.24. The molecule has 0 spiro atoms. The lowest BCUT2D eigenvalue weighted by atomic mass is 9.95. The maximum absolute atomic E-state index is 13.6. The topological polar surface area (TPSA) is 90.4 Å². The highest BCUT2D eigenvalue weighted by molar-refractivity contribution is 5.66. The van der Waals surface area contributed by atoms with E-state index in [-0.39, 0.29) is 17.1 Å². The monoisotopic (exact) mass is 283 g/mol. The van der Waals surface area contributed by atoms with Crippen LogP contribution in [0.1, 0.15) is 19.8 Å². The smallest absolute Gasteiger partial charge is 0.295 e. The molecule has 0 aromatic heterocycles. The van der Waals surface area contributed by atoms with E-state index in [1.54, 1.807) is 0 Å². The van der Waals surface area contributed by atoms with Crippen molar-refractivity contribution >= 4 is 11.4 Å². The third-order valence-electron chi connectivity index (χ3n) is 3.79. The zero-order valence-corrected chi connectivity index (χ0v) is 11.5. The van der Waals surface area contributed by atoms with Crippen LogP contribution < -0.4 is 15.8 Å². The molecule has 3 N–H and O–H groups in total. The second-order valence-corrected chi connectivity index (χ2v) is 5.28. The van der Waals surface area contributed by atoms with Crippen molar-refractivity contribution in [3.05, 3.63) is 28.1 Å². The molecule has 0 aliphatic heterocycles. The molecule has 0 saturated heterocycles. The van der Waals surface area contributed by atoms with E-state index in [1.165, 1.54) is 13.2 Å². The summed E-state index contributed by atoms with van der Waals surface area (Å²) in [6, 6.07) is 2.18. The number of hydrogen-bond acceptors (Lipinski definition) is 5. The van der Waals surface area contributed by atoms with E-state index in [9.17, 15) is 14.5 Å². The van der Waals surface area contributed by atoms with Crippen molar-refractivity contribution in [3.63, 3.8) is 0 Å². The zero-order chi connectivity index (χ0) is 14.9. The average molecular weight is 283 g/mol. The number of nitro benzene ring substituents is 1. The van der Waals surface area contributed by atoms with Crippen LogP contribution in [0.3, 0.4) is 0 Å². The van der Waals surface area contributed by atoms with Crippen LogP contribution in [-0.4, -0.2) is 24.1 Å². The lowest BCUT2D eigenvalue weighted by Gasteiger charge is -2.30. The first-order valence-corrected chi connectivity index (χ1v) is 6.41. The number of nitrogens with one attached hydrogen (secondary N) is 1. The number of hydrogen-bond donors (Lipinski definition) is 2. The Balaban J connectivity index is 2.40. The number of rotatable bonds is 6. The van der Waals surface area contributed by atoms with E-state index in [1.807, 2.05) is 6.92 Å². The van der Waals surface area contributed by atoms with Crippen molar-refractivity contribution < 1.29 is 14.1 Å². The molecule has 1 unspecified atom stereocenters. The van der Waals surface area contributed by atoms with Gasteiger partial charge >= 0.3 is 0 Å². The van der Waals surface area contributed by atoms with Gasteiger partial charge in [0, 0.05) is 18.2 Å². The summed E-state index contributed by atoms with van der Waals surface area (Å²) in [5.41, 5.74) is 5.26. The van der Waals surface area contributed by atoms with Gasteiger partial charge in [-0.05, 0) is 25.7 Å². The Kier molecular flexibility index (Phi) is 3.80. The molecule has 0 bridgehead atoms. The fraction of sp³-hybridized carbons (Fsp3) is 0.538. The molecule has 0 amide bonds. The van der Waals surface area contributed by atoms with Crippen LogP contribution in [0.4, 0.5) is 15.8 Å². The molecule has 1 aliphatic rings. The van der Waals surface area contributed by atoms with E-state index in [0.717, 1.165) is 18.9 Å². The van der Waals surface area contributed by atoms with Gasteiger partial charge in [-0.15, -0.1) is 0 Å². The van der Waals surface area contributed by atoms with Crippen LogP contribution in [0.5, 0.6) is 5.75 Å².